The van der Waals surface area contributed by atoms with Gasteiger partial charge >= 0.3 is 0 Å². The van der Waals surface area contributed by atoms with Crippen molar-refractivity contribution >= 4 is 16.6 Å². The molecule has 0 fully saturated rings. The van der Waals surface area contributed by atoms with Gasteiger partial charge in [-0.25, -0.2) is 0 Å². The number of benzene rings is 1. The molecule has 2 heteroatoms. The van der Waals surface area contributed by atoms with Crippen molar-refractivity contribution in [2.45, 2.75) is 0 Å². The first kappa shape index (κ1) is 6.28. The number of H-pyrrole nitrogens is 1. The standard InChI is InChI=1S/C9H10N2/c1-10-8-3-2-4-9-7(8)5-6-11-9/h2-6,10-11H,1H3. The van der Waals surface area contributed by atoms with Gasteiger partial charge in [-0.1, -0.05) is 6.07 Å². The highest BCUT2D eigenvalue weighted by Gasteiger charge is 1.96. The highest BCUT2D eigenvalue weighted by atomic mass is 14.8. The second-order valence-corrected chi connectivity index (χ2v) is 2.49. The average molecular weight is 146 g/mol. The molecular weight excluding hydrogens is 136 g/mol. The number of rotatable bonds is 1. The molecule has 0 saturated heterocycles. The van der Waals surface area contributed by atoms with Crippen molar-refractivity contribution in [1.82, 2.24) is 4.98 Å². The number of fused-ring (bicyclic) bond motifs is 1. The molecule has 0 unspecified atom stereocenters. The number of hydrogen-bond acceptors (Lipinski definition) is 1. The third-order valence-corrected chi connectivity index (χ3v) is 1.86. The number of nitrogens with one attached hydrogen (secondary N) is 2. The fraction of sp³-hybridized carbons (Fsp3) is 0.111. The summed E-state index contributed by atoms with van der Waals surface area (Å²) in [7, 11) is 1.93. The van der Waals surface area contributed by atoms with Gasteiger partial charge in [-0.2, -0.15) is 0 Å². The van der Waals surface area contributed by atoms with Crippen LogP contribution in [-0.2, 0) is 0 Å². The van der Waals surface area contributed by atoms with Gasteiger partial charge in [0.2, 0.25) is 0 Å². The van der Waals surface area contributed by atoms with Crippen molar-refractivity contribution in [3.63, 3.8) is 0 Å². The number of anilines is 1. The number of hydrogen-bond donors (Lipinski definition) is 2. The lowest BCUT2D eigenvalue weighted by Gasteiger charge is -1.99. The Labute approximate surface area is 65.2 Å². The van der Waals surface area contributed by atoms with E-state index < -0.39 is 0 Å². The minimum atomic E-state index is 1.17. The smallest absolute Gasteiger partial charge is 0.0474 e. The molecule has 0 radical (unpaired) electrons. The number of aromatic nitrogens is 1. The molecule has 0 aliphatic heterocycles. The Morgan fingerprint density at radius 2 is 2.18 bits per heavy atom. The van der Waals surface area contributed by atoms with Gasteiger partial charge in [-0.15, -0.1) is 0 Å². The molecule has 2 N–H and O–H groups in total. The normalized spacial score (nSPS) is 10.3. The van der Waals surface area contributed by atoms with Gasteiger partial charge < -0.3 is 10.3 Å². The van der Waals surface area contributed by atoms with Crippen LogP contribution < -0.4 is 5.32 Å². The van der Waals surface area contributed by atoms with Crippen LogP contribution in [0.2, 0.25) is 0 Å². The van der Waals surface area contributed by atoms with Crippen molar-refractivity contribution in [2.75, 3.05) is 12.4 Å². The van der Waals surface area contributed by atoms with Crippen LogP contribution in [0.5, 0.6) is 0 Å². The third-order valence-electron chi connectivity index (χ3n) is 1.86. The predicted molar refractivity (Wildman–Crippen MR) is 47.8 cm³/mol. The first-order valence-electron chi connectivity index (χ1n) is 3.65. The quantitative estimate of drug-likeness (QED) is 0.634. The van der Waals surface area contributed by atoms with E-state index in [1.807, 2.05) is 19.3 Å². The Bertz CT molecular complexity index is 362. The molecule has 56 valence electrons. The van der Waals surface area contributed by atoms with Crippen molar-refractivity contribution in [3.05, 3.63) is 30.5 Å². The Kier molecular flexibility index (Phi) is 1.32. The molecule has 0 atom stereocenters. The maximum absolute atomic E-state index is 3.15. The van der Waals surface area contributed by atoms with Crippen LogP contribution in [-0.4, -0.2) is 12.0 Å². The molecule has 1 aromatic heterocycles. The van der Waals surface area contributed by atoms with Gasteiger partial charge in [0.05, 0.1) is 0 Å². The molecule has 0 amide bonds. The second-order valence-electron chi connectivity index (χ2n) is 2.49. The van der Waals surface area contributed by atoms with E-state index in [0.717, 1.165) is 0 Å². The Balaban J connectivity index is 2.79. The molecule has 2 nitrogen and oxygen atoms in total. The summed E-state index contributed by atoms with van der Waals surface area (Å²) in [6.07, 6.45) is 1.95. The molecule has 1 aromatic carbocycles. The van der Waals surface area contributed by atoms with Crippen LogP contribution in [0, 0.1) is 0 Å². The minimum absolute atomic E-state index is 1.17. The van der Waals surface area contributed by atoms with Crippen LogP contribution in [0.1, 0.15) is 0 Å². The largest absolute Gasteiger partial charge is 0.388 e. The number of aromatic amines is 1. The first-order chi connectivity index (χ1) is 5.42. The van der Waals surface area contributed by atoms with Crippen molar-refractivity contribution in [2.24, 2.45) is 0 Å². The zero-order valence-corrected chi connectivity index (χ0v) is 6.39. The van der Waals surface area contributed by atoms with E-state index in [0.29, 0.717) is 0 Å². The fourth-order valence-electron chi connectivity index (χ4n) is 1.30. The highest BCUT2D eigenvalue weighted by Crippen LogP contribution is 2.20. The van der Waals surface area contributed by atoms with E-state index in [1.54, 1.807) is 0 Å². The molecule has 0 spiro atoms. The Hall–Kier alpha value is -1.44. The van der Waals surface area contributed by atoms with Crippen LogP contribution in [0.3, 0.4) is 0 Å². The fourth-order valence-corrected chi connectivity index (χ4v) is 1.30. The van der Waals surface area contributed by atoms with Crippen molar-refractivity contribution in [3.8, 4) is 0 Å². The van der Waals surface area contributed by atoms with Crippen LogP contribution in [0.4, 0.5) is 5.69 Å². The maximum atomic E-state index is 3.15. The van der Waals surface area contributed by atoms with E-state index in [-0.39, 0.29) is 0 Å². The topological polar surface area (TPSA) is 27.8 Å². The lowest BCUT2D eigenvalue weighted by Crippen LogP contribution is -1.86. The Morgan fingerprint density at radius 1 is 1.27 bits per heavy atom. The molecule has 0 saturated carbocycles. The second kappa shape index (κ2) is 2.31. The van der Waals surface area contributed by atoms with Crippen LogP contribution in [0.15, 0.2) is 30.5 Å². The van der Waals surface area contributed by atoms with Crippen LogP contribution in [0.25, 0.3) is 10.9 Å². The van der Waals surface area contributed by atoms with E-state index in [4.69, 9.17) is 0 Å². The molecule has 2 rings (SSSR count). The minimum Gasteiger partial charge on any atom is -0.388 e. The van der Waals surface area contributed by atoms with Gasteiger partial charge in [0, 0.05) is 29.8 Å². The summed E-state index contributed by atoms with van der Waals surface area (Å²) < 4.78 is 0. The molecule has 1 heterocycles. The van der Waals surface area contributed by atoms with E-state index in [9.17, 15) is 0 Å². The summed E-state index contributed by atoms with van der Waals surface area (Å²) in [4.78, 5) is 3.15. The van der Waals surface area contributed by atoms with Crippen LogP contribution >= 0.6 is 0 Å². The predicted octanol–water partition coefficient (Wildman–Crippen LogP) is 2.21. The molecule has 11 heavy (non-hydrogen) atoms. The summed E-state index contributed by atoms with van der Waals surface area (Å²) in [6.45, 7) is 0. The monoisotopic (exact) mass is 146 g/mol. The summed E-state index contributed by atoms with van der Waals surface area (Å²) in [6, 6.07) is 8.23. The van der Waals surface area contributed by atoms with E-state index >= 15 is 0 Å². The van der Waals surface area contributed by atoms with Gasteiger partial charge in [0.1, 0.15) is 0 Å². The summed E-state index contributed by atoms with van der Waals surface area (Å²) in [5, 5.41) is 4.38. The molecule has 2 aromatic rings. The Morgan fingerprint density at radius 3 is 3.00 bits per heavy atom. The van der Waals surface area contributed by atoms with E-state index in [2.05, 4.69) is 28.5 Å². The lowest BCUT2D eigenvalue weighted by molar-refractivity contribution is 1.47. The third kappa shape index (κ3) is 0.871. The molecule has 0 bridgehead atoms. The van der Waals surface area contributed by atoms with Gasteiger partial charge in [-0.05, 0) is 18.2 Å². The van der Waals surface area contributed by atoms with Crippen molar-refractivity contribution < 1.29 is 0 Å². The summed E-state index contributed by atoms with van der Waals surface area (Å²) in [5.74, 6) is 0. The molecule has 0 aliphatic rings. The lowest BCUT2D eigenvalue weighted by atomic mass is 10.2. The zero-order valence-electron chi connectivity index (χ0n) is 6.39. The molecular formula is C9H10N2. The first-order valence-corrected chi connectivity index (χ1v) is 3.65. The van der Waals surface area contributed by atoms with E-state index in [1.165, 1.54) is 16.6 Å². The molecule has 0 aliphatic carbocycles. The zero-order chi connectivity index (χ0) is 7.68. The van der Waals surface area contributed by atoms with Gasteiger partial charge in [-0.3, -0.25) is 0 Å². The van der Waals surface area contributed by atoms with Gasteiger partial charge in [0.15, 0.2) is 0 Å². The SMILES string of the molecule is CNc1cccc2[nH]ccc12. The average Bonchev–Trinajstić information content (AvgIpc) is 2.50. The summed E-state index contributed by atoms with van der Waals surface area (Å²) in [5.41, 5.74) is 2.35. The maximum Gasteiger partial charge on any atom is 0.0474 e. The van der Waals surface area contributed by atoms with Gasteiger partial charge in [0.25, 0.3) is 0 Å². The highest BCUT2D eigenvalue weighted by molar-refractivity contribution is 5.91. The summed E-state index contributed by atoms with van der Waals surface area (Å²) >= 11 is 0. The van der Waals surface area contributed by atoms with Crippen molar-refractivity contribution in [1.29, 1.82) is 0 Å².